The molecule has 268 valence electrons. The predicted octanol–water partition coefficient (Wildman–Crippen LogP) is 13.5. The number of nitrogens with zero attached hydrogens (tertiary/aromatic N) is 2. The first-order valence-electron chi connectivity index (χ1n) is 19.3. The maximum atomic E-state index is 6.79. The van der Waals surface area contributed by atoms with Crippen LogP contribution >= 0.6 is 0 Å². The normalized spacial score (nSPS) is 12.6. The Labute approximate surface area is 332 Å². The predicted molar refractivity (Wildman–Crippen MR) is 239 cm³/mol. The molecule has 0 spiro atoms. The van der Waals surface area contributed by atoms with Crippen LogP contribution in [0.4, 0.5) is 34.1 Å². The van der Waals surface area contributed by atoms with E-state index in [0.717, 1.165) is 45.5 Å². The van der Waals surface area contributed by atoms with Gasteiger partial charge in [-0.2, -0.15) is 0 Å². The van der Waals surface area contributed by atoms with Crippen LogP contribution in [-0.4, -0.2) is 18.4 Å². The van der Waals surface area contributed by atoms with E-state index in [0.29, 0.717) is 0 Å². The number of rotatable bonds is 8. The van der Waals surface area contributed by atoms with Gasteiger partial charge in [0.2, 0.25) is 0 Å². The van der Waals surface area contributed by atoms with Crippen LogP contribution in [0.1, 0.15) is 0 Å². The summed E-state index contributed by atoms with van der Waals surface area (Å²) in [6.07, 6.45) is 0. The molecule has 56 heavy (non-hydrogen) atoms. The first-order chi connectivity index (χ1) is 27.5. The number of hydrogen-bond acceptors (Lipinski definition) is 3. The van der Waals surface area contributed by atoms with Gasteiger partial charge in [0.1, 0.15) is 0 Å². The van der Waals surface area contributed by atoms with Gasteiger partial charge in [0.25, 0.3) is 0 Å². The minimum absolute atomic E-state index is 0.974. The maximum absolute atomic E-state index is 6.79. The average molecular weight is 828 g/mol. The zero-order chi connectivity index (χ0) is 37.6. The van der Waals surface area contributed by atoms with Gasteiger partial charge in [0.05, 0.1) is 0 Å². The third-order valence-electron chi connectivity index (χ3n) is 11.2. The van der Waals surface area contributed by atoms with Crippen molar-refractivity contribution >= 4 is 70.6 Å². The van der Waals surface area contributed by atoms with Crippen molar-refractivity contribution in [3.8, 4) is 33.6 Å². The van der Waals surface area contributed by atoms with Gasteiger partial charge in [-0.15, -0.1) is 0 Å². The van der Waals surface area contributed by atoms with Gasteiger partial charge in [-0.1, -0.05) is 24.3 Å². The van der Waals surface area contributed by atoms with Crippen LogP contribution in [0.15, 0.2) is 211 Å². The van der Waals surface area contributed by atoms with Gasteiger partial charge >= 0.3 is 310 Å². The first kappa shape index (κ1) is 34.2. The van der Waals surface area contributed by atoms with E-state index in [-0.39, 0.29) is 0 Å². The Morgan fingerprint density at radius 1 is 0.375 bits per heavy atom. The zero-order valence-corrected chi connectivity index (χ0v) is 34.3. The first-order valence-corrected chi connectivity index (χ1v) is 27.8. The molecule has 10 rings (SSSR count). The van der Waals surface area contributed by atoms with Crippen LogP contribution in [0.2, 0.25) is 9.88 Å². The SMILES string of the molecule is [CH3][Sn]1([CH3])[c]2ccc(-c3ccc(N(c4ccccc4)c4ccccc4)cc3)cc2-c2oc3ccc(-c4ccc(N(c5ccccc5)c5ccccc5)cc4)cc3[c]21. The molecular formula is C52H40N2OSn. The number of para-hydroxylation sites is 4. The van der Waals surface area contributed by atoms with Gasteiger partial charge in [-0.25, -0.2) is 0 Å². The van der Waals surface area contributed by atoms with E-state index >= 15 is 0 Å². The van der Waals surface area contributed by atoms with Crippen LogP contribution in [0.25, 0.3) is 44.5 Å². The second-order valence-corrected chi connectivity index (χ2v) is 27.2. The van der Waals surface area contributed by atoms with Gasteiger partial charge in [-0.3, -0.25) is 0 Å². The molecule has 0 radical (unpaired) electrons. The molecule has 2 heterocycles. The molecule has 0 N–H and O–H groups in total. The molecule has 9 aromatic rings. The van der Waals surface area contributed by atoms with E-state index in [9.17, 15) is 0 Å². The summed E-state index contributed by atoms with van der Waals surface area (Å²) in [6.45, 7) is 0. The number of benzene rings is 8. The van der Waals surface area contributed by atoms with Gasteiger partial charge in [0.15, 0.2) is 0 Å². The van der Waals surface area contributed by atoms with Crippen LogP contribution in [0.3, 0.4) is 0 Å². The van der Waals surface area contributed by atoms with Crippen molar-refractivity contribution in [2.24, 2.45) is 0 Å². The average Bonchev–Trinajstić information content (AvgIpc) is 3.75. The monoisotopic (exact) mass is 828 g/mol. The van der Waals surface area contributed by atoms with E-state index in [4.69, 9.17) is 4.42 Å². The number of anilines is 6. The van der Waals surface area contributed by atoms with Crippen molar-refractivity contribution in [1.29, 1.82) is 0 Å². The van der Waals surface area contributed by atoms with Crippen molar-refractivity contribution in [3.63, 3.8) is 0 Å². The Morgan fingerprint density at radius 2 is 0.750 bits per heavy atom. The molecule has 0 fully saturated rings. The number of fused-ring (bicyclic) bond motifs is 5. The van der Waals surface area contributed by atoms with Crippen molar-refractivity contribution in [2.45, 2.75) is 9.88 Å². The third-order valence-corrected chi connectivity index (χ3v) is 21.3. The minimum atomic E-state index is -2.99. The molecule has 8 aromatic carbocycles. The molecule has 0 unspecified atom stereocenters. The van der Waals surface area contributed by atoms with Crippen molar-refractivity contribution in [3.05, 3.63) is 206 Å². The van der Waals surface area contributed by atoms with Crippen LogP contribution < -0.4 is 17.0 Å². The van der Waals surface area contributed by atoms with Gasteiger partial charge in [0, 0.05) is 0 Å². The standard InChI is InChI=1S/C50H34N2O.2CH3.Sn/c1-5-16-43(17-6-1)51(44-18-7-2-8-19-44)47-29-24-37(25-30-47)39-14-13-15-41(34-39)50-36-42-35-40(28-33-49(42)53-50)38-26-31-48(32-27-38)52(45-20-9-3-10-21-45)46-22-11-4-12-23-46;;;/h1-14,16-35H;2*1H3;. The second kappa shape index (κ2) is 14.1. The summed E-state index contributed by atoms with van der Waals surface area (Å²) in [4.78, 5) is 9.68. The fourth-order valence-corrected chi connectivity index (χ4v) is 17.8. The van der Waals surface area contributed by atoms with Crippen molar-refractivity contribution in [1.82, 2.24) is 0 Å². The van der Waals surface area contributed by atoms with Crippen LogP contribution in [0.5, 0.6) is 0 Å². The zero-order valence-electron chi connectivity index (χ0n) is 31.4. The summed E-state index contributed by atoms with van der Waals surface area (Å²) >= 11 is -2.99. The Hall–Kier alpha value is -6.30. The quantitative estimate of drug-likeness (QED) is 0.142. The van der Waals surface area contributed by atoms with Gasteiger partial charge < -0.3 is 0 Å². The fraction of sp³-hybridized carbons (Fsp3) is 0.0385. The number of furan rings is 1. The molecule has 1 aliphatic rings. The summed E-state index contributed by atoms with van der Waals surface area (Å²) in [5, 5.41) is 1.27. The molecule has 1 aromatic heterocycles. The van der Waals surface area contributed by atoms with E-state index in [1.54, 1.807) is 0 Å². The van der Waals surface area contributed by atoms with E-state index in [2.05, 4.69) is 226 Å². The molecule has 1 aliphatic heterocycles. The molecule has 0 saturated heterocycles. The summed E-state index contributed by atoms with van der Waals surface area (Å²) in [6, 6.07) is 74.0. The summed E-state index contributed by atoms with van der Waals surface area (Å²) in [7, 11) is 0. The Kier molecular flexibility index (Phi) is 8.60. The fourth-order valence-electron chi connectivity index (χ4n) is 8.49. The molecule has 0 saturated carbocycles. The number of hydrogen-bond donors (Lipinski definition) is 0. The molecule has 4 heteroatoms. The molecule has 3 nitrogen and oxygen atoms in total. The summed E-state index contributed by atoms with van der Waals surface area (Å²) < 4.78 is 9.76. The molecule has 0 amide bonds. The molecule has 0 aliphatic carbocycles. The molecule has 0 bridgehead atoms. The van der Waals surface area contributed by atoms with E-state index < -0.39 is 18.4 Å². The van der Waals surface area contributed by atoms with Crippen molar-refractivity contribution in [2.75, 3.05) is 9.80 Å². The summed E-state index contributed by atoms with van der Waals surface area (Å²) in [5.41, 5.74) is 13.8. The topological polar surface area (TPSA) is 19.6 Å². The van der Waals surface area contributed by atoms with Gasteiger partial charge in [-0.05, 0) is 0 Å². The Bertz CT molecular complexity index is 2720. The second-order valence-electron chi connectivity index (χ2n) is 15.0. The third kappa shape index (κ3) is 6.00. The van der Waals surface area contributed by atoms with Crippen molar-refractivity contribution < 1.29 is 4.42 Å². The Balaban J connectivity index is 0.977. The van der Waals surface area contributed by atoms with E-state index in [1.165, 1.54) is 40.4 Å². The van der Waals surface area contributed by atoms with Crippen LogP contribution in [-0.2, 0) is 0 Å². The van der Waals surface area contributed by atoms with Crippen LogP contribution in [0, 0.1) is 0 Å². The molecule has 0 atom stereocenters. The van der Waals surface area contributed by atoms with E-state index in [1.807, 2.05) is 0 Å². The molecular weight excluding hydrogens is 787 g/mol. The Morgan fingerprint density at radius 3 is 1.20 bits per heavy atom. The summed E-state index contributed by atoms with van der Waals surface area (Å²) in [5.74, 6) is 1.07.